The van der Waals surface area contributed by atoms with Gasteiger partial charge in [-0.25, -0.2) is 0 Å². The van der Waals surface area contributed by atoms with E-state index in [2.05, 4.69) is 291 Å². The molecule has 0 amide bonds. The maximum absolute atomic E-state index is 2.55. The van der Waals surface area contributed by atoms with Gasteiger partial charge in [-0.2, -0.15) is 0 Å². The second kappa shape index (κ2) is 17.5. The minimum atomic E-state index is -0.361. The van der Waals surface area contributed by atoms with E-state index in [1.807, 2.05) is 0 Å². The first-order valence-electron chi connectivity index (χ1n) is 24.7. The summed E-state index contributed by atoms with van der Waals surface area (Å²) >= 11 is 0. The average Bonchev–Trinajstić information content (AvgIpc) is 3.72. The number of fused-ring (bicyclic) bond motifs is 6. The topological polar surface area (TPSA) is 3.24 Å². The summed E-state index contributed by atoms with van der Waals surface area (Å²) in [7, 11) is 0. The quantitative estimate of drug-likeness (QED) is 0.130. The third kappa shape index (κ3) is 7.00. The molecule has 12 aromatic carbocycles. The van der Waals surface area contributed by atoms with Gasteiger partial charge in [-0.1, -0.05) is 255 Å². The van der Waals surface area contributed by atoms with E-state index >= 15 is 0 Å². The largest absolute Gasteiger partial charge is 0.309 e. The zero-order valence-corrected chi connectivity index (χ0v) is 39.5. The molecule has 12 aromatic rings. The molecule has 0 bridgehead atoms. The fourth-order valence-corrected chi connectivity index (χ4v) is 11.6. The molecule has 1 nitrogen and oxygen atoms in total. The zero-order valence-electron chi connectivity index (χ0n) is 39.5. The highest BCUT2D eigenvalue weighted by atomic mass is 15.2. The highest BCUT2D eigenvalue weighted by Crippen LogP contribution is 2.58. The van der Waals surface area contributed by atoms with E-state index in [4.69, 9.17) is 0 Å². The van der Waals surface area contributed by atoms with Crippen LogP contribution in [0.3, 0.4) is 0 Å². The number of hydrogen-bond donors (Lipinski definition) is 0. The van der Waals surface area contributed by atoms with Gasteiger partial charge in [-0.3, -0.25) is 0 Å². The molecular weight excluding hydrogens is 855 g/mol. The van der Waals surface area contributed by atoms with Crippen LogP contribution in [0.15, 0.2) is 279 Å². The molecule has 0 radical (unpaired) electrons. The molecule has 0 saturated carbocycles. The number of nitrogens with zero attached hydrogens (tertiary/aromatic N) is 1. The Morgan fingerprint density at radius 1 is 0.282 bits per heavy atom. The van der Waals surface area contributed by atoms with Crippen molar-refractivity contribution in [2.75, 3.05) is 4.90 Å². The molecule has 1 aliphatic rings. The molecule has 1 atom stereocenters. The van der Waals surface area contributed by atoms with Crippen LogP contribution in [0.4, 0.5) is 17.1 Å². The van der Waals surface area contributed by atoms with Crippen molar-refractivity contribution in [1.82, 2.24) is 0 Å². The molecule has 0 fully saturated rings. The van der Waals surface area contributed by atoms with Crippen LogP contribution in [-0.4, -0.2) is 0 Å². The van der Waals surface area contributed by atoms with E-state index in [0.29, 0.717) is 0 Å². The summed E-state index contributed by atoms with van der Waals surface area (Å²) < 4.78 is 0. The maximum Gasteiger partial charge on any atom is 0.0618 e. The zero-order chi connectivity index (χ0) is 47.3. The third-order valence-electron chi connectivity index (χ3n) is 14.9. The van der Waals surface area contributed by atoms with Crippen LogP contribution in [0.2, 0.25) is 0 Å². The lowest BCUT2D eigenvalue weighted by molar-refractivity contribution is 0.714. The molecule has 0 heterocycles. The Morgan fingerprint density at radius 2 is 0.732 bits per heavy atom. The van der Waals surface area contributed by atoms with Crippen molar-refractivity contribution in [3.8, 4) is 66.8 Å². The molecule has 1 unspecified atom stereocenters. The molecule has 1 heteroatoms. The first-order chi connectivity index (χ1) is 35.1. The Balaban J connectivity index is 1.05. The lowest BCUT2D eigenvalue weighted by Crippen LogP contribution is -2.22. The van der Waals surface area contributed by atoms with Gasteiger partial charge in [-0.05, 0) is 119 Å². The molecular formula is C70H49N. The number of hydrogen-bond acceptors (Lipinski definition) is 1. The summed E-state index contributed by atoms with van der Waals surface area (Å²) in [4.78, 5) is 2.55. The first kappa shape index (κ1) is 42.1. The minimum Gasteiger partial charge on any atom is -0.309 e. The van der Waals surface area contributed by atoms with Gasteiger partial charge in [0, 0.05) is 27.8 Å². The van der Waals surface area contributed by atoms with Gasteiger partial charge < -0.3 is 4.90 Å². The Kier molecular flexibility index (Phi) is 10.4. The predicted octanol–water partition coefficient (Wildman–Crippen LogP) is 19.1. The van der Waals surface area contributed by atoms with Crippen LogP contribution >= 0.6 is 0 Å². The van der Waals surface area contributed by atoms with Crippen LogP contribution in [0.1, 0.15) is 23.6 Å². The Labute approximate surface area is 416 Å². The second-order valence-electron chi connectivity index (χ2n) is 18.8. The van der Waals surface area contributed by atoms with Gasteiger partial charge in [-0.15, -0.1) is 0 Å². The van der Waals surface area contributed by atoms with Gasteiger partial charge in [0.15, 0.2) is 0 Å². The molecule has 0 aliphatic heterocycles. The number of benzene rings is 12. The van der Waals surface area contributed by atoms with Crippen LogP contribution in [0, 0.1) is 0 Å². The van der Waals surface area contributed by atoms with Crippen molar-refractivity contribution in [3.63, 3.8) is 0 Å². The number of anilines is 3. The summed E-state index contributed by atoms with van der Waals surface area (Å²) in [5.41, 5.74) is 21.3. The van der Waals surface area contributed by atoms with E-state index in [-0.39, 0.29) is 5.41 Å². The van der Waals surface area contributed by atoms with Crippen LogP contribution in [-0.2, 0) is 5.41 Å². The van der Waals surface area contributed by atoms with Gasteiger partial charge >= 0.3 is 0 Å². The highest BCUT2D eigenvalue weighted by molar-refractivity contribution is 6.22. The van der Waals surface area contributed by atoms with Gasteiger partial charge in [0.2, 0.25) is 0 Å². The standard InChI is InChI=1S/C70H49N/c1-70(54-31-15-6-16-32-54)63-38-20-19-35-61(63)68-64(70)39-22-40-65(68)71(69-56(49-23-7-2-8-24-49)36-21-37-57(69)50-25-9-3-10-26-50)55-44-41-48(42-45-55)53-43-46-59-58-33-17-18-34-60(58)66(51-27-11-4-12-28-51)67(62(59)47-53)52-29-13-5-14-30-52/h2-47H,1H3. The Morgan fingerprint density at radius 3 is 1.35 bits per heavy atom. The maximum atomic E-state index is 2.55. The van der Waals surface area contributed by atoms with Crippen LogP contribution in [0.25, 0.3) is 88.3 Å². The second-order valence-corrected chi connectivity index (χ2v) is 18.8. The third-order valence-corrected chi connectivity index (χ3v) is 14.9. The Hall–Kier alpha value is -9.04. The van der Waals surface area contributed by atoms with E-state index in [0.717, 1.165) is 44.9 Å². The normalized spacial score (nSPS) is 13.8. The van der Waals surface area contributed by atoms with Gasteiger partial charge in [0.25, 0.3) is 0 Å². The van der Waals surface area contributed by atoms with Crippen molar-refractivity contribution in [1.29, 1.82) is 0 Å². The van der Waals surface area contributed by atoms with E-state index in [1.165, 1.54) is 77.2 Å². The van der Waals surface area contributed by atoms with Crippen molar-refractivity contribution >= 4 is 38.6 Å². The Bertz CT molecular complexity index is 3840. The molecule has 0 aromatic heterocycles. The van der Waals surface area contributed by atoms with Gasteiger partial charge in [0.1, 0.15) is 0 Å². The fourth-order valence-electron chi connectivity index (χ4n) is 11.6. The molecule has 0 saturated heterocycles. The summed E-state index contributed by atoms with van der Waals surface area (Å²) in [6.45, 7) is 2.40. The number of para-hydroxylation sites is 1. The molecule has 1 aliphatic carbocycles. The van der Waals surface area contributed by atoms with Crippen LogP contribution in [0.5, 0.6) is 0 Å². The fraction of sp³-hybridized carbons (Fsp3) is 0.0286. The van der Waals surface area contributed by atoms with Crippen molar-refractivity contribution in [2.45, 2.75) is 12.3 Å². The van der Waals surface area contributed by atoms with E-state index in [1.54, 1.807) is 0 Å². The molecule has 71 heavy (non-hydrogen) atoms. The molecule has 13 rings (SSSR count). The van der Waals surface area contributed by atoms with Crippen molar-refractivity contribution in [3.05, 3.63) is 296 Å². The SMILES string of the molecule is CC1(c2ccccc2)c2ccccc2-c2c(N(c3ccc(-c4ccc5c(c4)c(-c4ccccc4)c(-c4ccccc4)c4ccccc45)cc3)c3c(-c4ccccc4)cccc3-c3ccccc3)cccc21. The van der Waals surface area contributed by atoms with Crippen molar-refractivity contribution in [2.24, 2.45) is 0 Å². The molecule has 0 spiro atoms. The van der Waals surface area contributed by atoms with Crippen LogP contribution < -0.4 is 4.90 Å². The first-order valence-corrected chi connectivity index (χ1v) is 24.7. The summed E-state index contributed by atoms with van der Waals surface area (Å²) in [5, 5.41) is 5.00. The van der Waals surface area contributed by atoms with Gasteiger partial charge in [0.05, 0.1) is 11.4 Å². The predicted molar refractivity (Wildman–Crippen MR) is 301 cm³/mol. The van der Waals surface area contributed by atoms with E-state index < -0.39 is 0 Å². The lowest BCUT2D eigenvalue weighted by Gasteiger charge is -2.33. The summed E-state index contributed by atoms with van der Waals surface area (Å²) in [5.74, 6) is 0. The summed E-state index contributed by atoms with van der Waals surface area (Å²) in [6, 6.07) is 103. The smallest absolute Gasteiger partial charge is 0.0618 e. The highest BCUT2D eigenvalue weighted by Gasteiger charge is 2.42. The molecule has 0 N–H and O–H groups in total. The molecule has 334 valence electrons. The monoisotopic (exact) mass is 903 g/mol. The van der Waals surface area contributed by atoms with E-state index in [9.17, 15) is 0 Å². The average molecular weight is 904 g/mol. The summed E-state index contributed by atoms with van der Waals surface area (Å²) in [6.07, 6.45) is 0. The minimum absolute atomic E-state index is 0.361. The van der Waals surface area contributed by atoms with Crippen molar-refractivity contribution < 1.29 is 0 Å². The lowest BCUT2D eigenvalue weighted by atomic mass is 9.74. The number of rotatable bonds is 9.